The van der Waals surface area contributed by atoms with E-state index in [2.05, 4.69) is 44.4 Å². The van der Waals surface area contributed by atoms with Crippen molar-refractivity contribution in [1.29, 1.82) is 0 Å². The topological polar surface area (TPSA) is 47.4 Å². The fourth-order valence-electron chi connectivity index (χ4n) is 4.53. The first-order valence-corrected chi connectivity index (χ1v) is 10.4. The first kappa shape index (κ1) is 19.7. The van der Waals surface area contributed by atoms with Gasteiger partial charge in [0.15, 0.2) is 0 Å². The monoisotopic (exact) mass is 371 g/mol. The minimum absolute atomic E-state index is 0.142. The Morgan fingerprint density at radius 3 is 2.74 bits per heavy atom. The number of unbranched alkanes of at least 4 members (excludes halogenated alkanes) is 1. The van der Waals surface area contributed by atoms with E-state index in [9.17, 15) is 4.79 Å². The molecule has 148 valence electrons. The van der Waals surface area contributed by atoms with Crippen molar-refractivity contribution in [2.45, 2.75) is 84.7 Å². The molecule has 0 spiro atoms. The van der Waals surface area contributed by atoms with Crippen LogP contribution in [0.25, 0.3) is 11.0 Å². The Labute approximate surface area is 162 Å². The Kier molecular flexibility index (Phi) is 6.08. The molecule has 1 aromatic carbocycles. The highest BCUT2D eigenvalue weighted by atomic mass is 16.5. The van der Waals surface area contributed by atoms with E-state index >= 15 is 0 Å². The van der Waals surface area contributed by atoms with Gasteiger partial charge in [-0.05, 0) is 51.7 Å². The molecule has 2 unspecified atom stereocenters. The fourth-order valence-corrected chi connectivity index (χ4v) is 4.53. The number of methoxy groups -OCH3 is 1. The zero-order valence-corrected chi connectivity index (χ0v) is 17.4. The molecule has 0 fully saturated rings. The van der Waals surface area contributed by atoms with E-state index in [1.807, 2.05) is 0 Å². The second kappa shape index (κ2) is 8.32. The summed E-state index contributed by atoms with van der Waals surface area (Å²) in [5, 5.41) is 0. The number of hydrogen-bond acceptors (Lipinski definition) is 3. The number of carbonyl (C=O) groups excluding carboxylic acids is 1. The summed E-state index contributed by atoms with van der Waals surface area (Å²) in [7, 11) is 1.45. The smallest absolute Gasteiger partial charge is 0.414 e. The van der Waals surface area contributed by atoms with Crippen molar-refractivity contribution in [3.05, 3.63) is 23.5 Å². The van der Waals surface area contributed by atoms with Gasteiger partial charge in [-0.15, -0.1) is 0 Å². The van der Waals surface area contributed by atoms with Crippen LogP contribution in [0.2, 0.25) is 0 Å². The number of amides is 1. The van der Waals surface area contributed by atoms with Crippen LogP contribution in [0.4, 0.5) is 10.5 Å². The molecule has 27 heavy (non-hydrogen) atoms. The molecule has 0 aliphatic carbocycles. The molecule has 0 bridgehead atoms. The number of imidazole rings is 1. The van der Waals surface area contributed by atoms with E-state index in [4.69, 9.17) is 9.72 Å². The van der Waals surface area contributed by atoms with E-state index in [0.717, 1.165) is 29.9 Å². The van der Waals surface area contributed by atoms with Crippen LogP contribution in [0.15, 0.2) is 12.1 Å². The number of hydrogen-bond donors (Lipinski definition) is 0. The number of benzene rings is 1. The van der Waals surface area contributed by atoms with Crippen LogP contribution in [0.3, 0.4) is 0 Å². The molecule has 0 N–H and O–H groups in total. The van der Waals surface area contributed by atoms with Crippen molar-refractivity contribution in [2.75, 3.05) is 12.0 Å². The molecule has 3 rings (SSSR count). The minimum atomic E-state index is -0.286. The fraction of sp³-hybridized carbons (Fsp3) is 0.636. The summed E-state index contributed by atoms with van der Waals surface area (Å²) in [5.41, 5.74) is 4.41. The van der Waals surface area contributed by atoms with Crippen LogP contribution >= 0.6 is 0 Å². The molecule has 1 aliphatic heterocycles. The molecule has 2 heterocycles. The quantitative estimate of drug-likeness (QED) is 0.646. The SMILES string of the molecule is CCCCC(CCC)n1c(C)nc2c3c(ccc21)N(C(=O)OC)C(C)CC3. The number of fused-ring (bicyclic) bond motifs is 3. The van der Waals surface area contributed by atoms with Crippen molar-refractivity contribution < 1.29 is 9.53 Å². The van der Waals surface area contributed by atoms with E-state index in [-0.39, 0.29) is 12.1 Å². The molecule has 5 nitrogen and oxygen atoms in total. The normalized spacial score (nSPS) is 17.8. The molecule has 2 aromatic rings. The third-order valence-corrected chi connectivity index (χ3v) is 5.88. The third-order valence-electron chi connectivity index (χ3n) is 5.88. The summed E-state index contributed by atoms with van der Waals surface area (Å²) in [5.74, 6) is 1.08. The van der Waals surface area contributed by atoms with Crippen molar-refractivity contribution in [3.63, 3.8) is 0 Å². The number of aromatic nitrogens is 2. The Hall–Kier alpha value is -2.04. The van der Waals surface area contributed by atoms with Gasteiger partial charge >= 0.3 is 6.09 Å². The maximum atomic E-state index is 12.3. The van der Waals surface area contributed by atoms with Gasteiger partial charge in [-0.1, -0.05) is 33.1 Å². The van der Waals surface area contributed by atoms with Crippen LogP contribution in [-0.4, -0.2) is 28.8 Å². The van der Waals surface area contributed by atoms with Gasteiger partial charge < -0.3 is 9.30 Å². The van der Waals surface area contributed by atoms with Crippen molar-refractivity contribution in [2.24, 2.45) is 0 Å². The predicted octanol–water partition coefficient (Wildman–Crippen LogP) is 5.78. The summed E-state index contributed by atoms with van der Waals surface area (Å²) in [4.78, 5) is 19.1. The summed E-state index contributed by atoms with van der Waals surface area (Å²) in [6.45, 7) is 8.70. The van der Waals surface area contributed by atoms with Crippen LogP contribution in [-0.2, 0) is 11.2 Å². The van der Waals surface area contributed by atoms with Gasteiger partial charge in [0.25, 0.3) is 0 Å². The third kappa shape index (κ3) is 3.56. The number of nitrogens with zero attached hydrogens (tertiary/aromatic N) is 3. The van der Waals surface area contributed by atoms with Gasteiger partial charge in [0.05, 0.1) is 23.8 Å². The second-order valence-electron chi connectivity index (χ2n) is 7.77. The number of rotatable bonds is 6. The van der Waals surface area contributed by atoms with E-state index in [1.165, 1.54) is 50.3 Å². The maximum absolute atomic E-state index is 12.3. The van der Waals surface area contributed by atoms with Gasteiger partial charge in [0.2, 0.25) is 0 Å². The lowest BCUT2D eigenvalue weighted by atomic mass is 9.95. The Morgan fingerprint density at radius 1 is 1.30 bits per heavy atom. The summed E-state index contributed by atoms with van der Waals surface area (Å²) < 4.78 is 7.47. The number of ether oxygens (including phenoxy) is 1. The lowest BCUT2D eigenvalue weighted by Gasteiger charge is -2.34. The van der Waals surface area contributed by atoms with E-state index in [0.29, 0.717) is 6.04 Å². The molecule has 5 heteroatoms. The van der Waals surface area contributed by atoms with Crippen LogP contribution < -0.4 is 4.90 Å². The van der Waals surface area contributed by atoms with Crippen molar-refractivity contribution in [1.82, 2.24) is 9.55 Å². The molecular weight excluding hydrogens is 338 g/mol. The Balaban J connectivity index is 2.11. The van der Waals surface area contributed by atoms with Crippen LogP contribution in [0.5, 0.6) is 0 Å². The molecule has 1 amide bonds. The first-order chi connectivity index (χ1) is 13.0. The first-order valence-electron chi connectivity index (χ1n) is 10.4. The van der Waals surface area contributed by atoms with Gasteiger partial charge in [-0.2, -0.15) is 0 Å². The highest BCUT2D eigenvalue weighted by Crippen LogP contribution is 2.38. The highest BCUT2D eigenvalue weighted by molar-refractivity contribution is 5.95. The zero-order valence-electron chi connectivity index (χ0n) is 17.4. The number of carbonyl (C=O) groups is 1. The lowest BCUT2D eigenvalue weighted by Crippen LogP contribution is -2.42. The van der Waals surface area contributed by atoms with Gasteiger partial charge in [-0.3, -0.25) is 4.90 Å². The molecule has 0 saturated heterocycles. The van der Waals surface area contributed by atoms with Crippen LogP contribution in [0.1, 0.15) is 76.7 Å². The minimum Gasteiger partial charge on any atom is -0.452 e. The zero-order chi connectivity index (χ0) is 19.6. The average molecular weight is 372 g/mol. The van der Waals surface area contributed by atoms with Crippen molar-refractivity contribution >= 4 is 22.8 Å². The van der Waals surface area contributed by atoms with Gasteiger partial charge in [0.1, 0.15) is 5.82 Å². The molecule has 1 aromatic heterocycles. The van der Waals surface area contributed by atoms with E-state index < -0.39 is 0 Å². The maximum Gasteiger partial charge on any atom is 0.414 e. The molecule has 2 atom stereocenters. The summed E-state index contributed by atoms with van der Waals surface area (Å²) >= 11 is 0. The number of aryl methyl sites for hydroxylation is 2. The van der Waals surface area contributed by atoms with Crippen LogP contribution in [0, 0.1) is 6.92 Å². The standard InChI is InChI=1S/C22H33N3O2/c1-6-8-10-17(9-7-2)25-16(4)23-21-18-12-11-15(3)24(22(26)27-5)19(18)13-14-20(21)25/h13-15,17H,6-12H2,1-5H3. The average Bonchev–Trinajstić information content (AvgIpc) is 3.00. The Morgan fingerprint density at radius 2 is 2.07 bits per heavy atom. The predicted molar refractivity (Wildman–Crippen MR) is 111 cm³/mol. The van der Waals surface area contributed by atoms with Gasteiger partial charge in [0, 0.05) is 17.6 Å². The Bertz CT molecular complexity index is 811. The molecule has 0 saturated carbocycles. The van der Waals surface area contributed by atoms with Gasteiger partial charge in [-0.25, -0.2) is 9.78 Å². The lowest BCUT2D eigenvalue weighted by molar-refractivity contribution is 0.175. The number of anilines is 1. The summed E-state index contributed by atoms with van der Waals surface area (Å²) in [6, 6.07) is 4.88. The highest BCUT2D eigenvalue weighted by Gasteiger charge is 2.31. The largest absolute Gasteiger partial charge is 0.452 e. The summed E-state index contributed by atoms with van der Waals surface area (Å²) in [6.07, 6.45) is 7.59. The van der Waals surface area contributed by atoms with E-state index in [1.54, 1.807) is 4.90 Å². The second-order valence-corrected chi connectivity index (χ2v) is 7.77. The molecule has 1 aliphatic rings. The van der Waals surface area contributed by atoms with Crippen molar-refractivity contribution in [3.8, 4) is 0 Å². The molecule has 0 radical (unpaired) electrons. The molecular formula is C22H33N3O2.